The quantitative estimate of drug-likeness (QED) is 0.861. The lowest BCUT2D eigenvalue weighted by molar-refractivity contribution is -0.139. The van der Waals surface area contributed by atoms with Gasteiger partial charge in [0.1, 0.15) is 0 Å². The Bertz CT molecular complexity index is 490. The molecule has 1 heterocycles. The molecule has 110 valence electrons. The van der Waals surface area contributed by atoms with Crippen molar-refractivity contribution in [3.63, 3.8) is 0 Å². The standard InChI is InChI=1S/C14H21N3O3/c1-2-17-10-11(9-15-17)13(20)16-14(8-12(18)19)6-4-3-5-7-14/h9-10H,2-8H2,1H3,(H,16,20)(H,18,19). The number of carboxylic acids is 1. The number of aliphatic carboxylic acids is 1. The predicted molar refractivity (Wildman–Crippen MR) is 73.4 cm³/mol. The minimum atomic E-state index is -0.864. The van der Waals surface area contributed by atoms with Gasteiger partial charge in [0.05, 0.1) is 23.7 Å². The second-order valence-electron chi connectivity index (χ2n) is 5.45. The molecule has 1 aliphatic rings. The number of amides is 1. The average molecular weight is 279 g/mol. The van der Waals surface area contributed by atoms with Crippen molar-refractivity contribution < 1.29 is 14.7 Å². The maximum Gasteiger partial charge on any atom is 0.305 e. The molecule has 1 aromatic rings. The number of aryl methyl sites for hydroxylation is 1. The molecule has 2 rings (SSSR count). The summed E-state index contributed by atoms with van der Waals surface area (Å²) in [5.74, 6) is -1.09. The van der Waals surface area contributed by atoms with E-state index in [-0.39, 0.29) is 12.3 Å². The van der Waals surface area contributed by atoms with E-state index in [1.54, 1.807) is 10.9 Å². The molecule has 1 aromatic heterocycles. The van der Waals surface area contributed by atoms with Gasteiger partial charge in [0.2, 0.25) is 0 Å². The van der Waals surface area contributed by atoms with Gasteiger partial charge >= 0.3 is 5.97 Å². The first-order chi connectivity index (χ1) is 9.54. The van der Waals surface area contributed by atoms with Crippen molar-refractivity contribution in [2.45, 2.75) is 57.5 Å². The summed E-state index contributed by atoms with van der Waals surface area (Å²) in [6, 6.07) is 0. The normalized spacial score (nSPS) is 17.6. The molecule has 0 unspecified atom stereocenters. The Hall–Kier alpha value is -1.85. The van der Waals surface area contributed by atoms with Crippen molar-refractivity contribution >= 4 is 11.9 Å². The first-order valence-electron chi connectivity index (χ1n) is 7.11. The minimum Gasteiger partial charge on any atom is -0.481 e. The molecule has 0 aliphatic heterocycles. The summed E-state index contributed by atoms with van der Waals surface area (Å²) in [5.41, 5.74) is -0.114. The monoisotopic (exact) mass is 279 g/mol. The van der Waals surface area contributed by atoms with Crippen LogP contribution >= 0.6 is 0 Å². The van der Waals surface area contributed by atoms with E-state index in [9.17, 15) is 9.59 Å². The lowest BCUT2D eigenvalue weighted by Gasteiger charge is -2.36. The number of aromatic nitrogens is 2. The summed E-state index contributed by atoms with van der Waals surface area (Å²) in [5, 5.41) is 16.1. The van der Waals surface area contributed by atoms with E-state index in [0.29, 0.717) is 12.1 Å². The topological polar surface area (TPSA) is 84.2 Å². The molecule has 0 spiro atoms. The molecule has 6 heteroatoms. The molecular weight excluding hydrogens is 258 g/mol. The second kappa shape index (κ2) is 6.07. The number of nitrogens with zero attached hydrogens (tertiary/aromatic N) is 2. The van der Waals surface area contributed by atoms with Gasteiger partial charge in [-0.3, -0.25) is 14.3 Å². The van der Waals surface area contributed by atoms with Crippen molar-refractivity contribution in [2.75, 3.05) is 0 Å². The Balaban J connectivity index is 2.10. The van der Waals surface area contributed by atoms with E-state index < -0.39 is 11.5 Å². The van der Waals surface area contributed by atoms with E-state index in [0.717, 1.165) is 32.1 Å². The van der Waals surface area contributed by atoms with Crippen LogP contribution in [0.5, 0.6) is 0 Å². The van der Waals surface area contributed by atoms with Crippen LogP contribution < -0.4 is 5.32 Å². The molecule has 2 N–H and O–H groups in total. The maximum atomic E-state index is 12.3. The number of hydrogen-bond acceptors (Lipinski definition) is 3. The molecule has 0 radical (unpaired) electrons. The SMILES string of the molecule is CCn1cc(C(=O)NC2(CC(=O)O)CCCCC2)cn1. The Morgan fingerprint density at radius 2 is 2.10 bits per heavy atom. The number of nitrogens with one attached hydrogen (secondary N) is 1. The summed E-state index contributed by atoms with van der Waals surface area (Å²) in [6.45, 7) is 2.65. The van der Waals surface area contributed by atoms with Crippen LogP contribution in [0.25, 0.3) is 0 Å². The van der Waals surface area contributed by atoms with E-state index >= 15 is 0 Å². The van der Waals surface area contributed by atoms with Gasteiger partial charge in [0, 0.05) is 12.7 Å². The van der Waals surface area contributed by atoms with Crippen molar-refractivity contribution in [1.29, 1.82) is 0 Å². The molecule has 0 bridgehead atoms. The van der Waals surface area contributed by atoms with Crippen LogP contribution in [0.3, 0.4) is 0 Å². The first-order valence-corrected chi connectivity index (χ1v) is 7.11. The van der Waals surface area contributed by atoms with Crippen molar-refractivity contribution in [2.24, 2.45) is 0 Å². The summed E-state index contributed by atoms with van der Waals surface area (Å²) in [6.07, 6.45) is 7.68. The third kappa shape index (κ3) is 3.37. The molecular formula is C14H21N3O3. The van der Waals surface area contributed by atoms with Gasteiger partial charge in [0.15, 0.2) is 0 Å². The summed E-state index contributed by atoms with van der Waals surface area (Å²) < 4.78 is 1.68. The predicted octanol–water partition coefficient (Wildman–Crippen LogP) is 1.81. The van der Waals surface area contributed by atoms with Crippen molar-refractivity contribution in [1.82, 2.24) is 15.1 Å². The molecule has 20 heavy (non-hydrogen) atoms. The largest absolute Gasteiger partial charge is 0.481 e. The van der Waals surface area contributed by atoms with Gasteiger partial charge in [-0.2, -0.15) is 5.10 Å². The van der Waals surface area contributed by atoms with E-state index in [1.165, 1.54) is 6.20 Å². The van der Waals surface area contributed by atoms with Gasteiger partial charge in [0.25, 0.3) is 5.91 Å². The second-order valence-corrected chi connectivity index (χ2v) is 5.45. The van der Waals surface area contributed by atoms with Crippen LogP contribution in [0.2, 0.25) is 0 Å². The van der Waals surface area contributed by atoms with Crippen LogP contribution in [-0.2, 0) is 11.3 Å². The molecule has 6 nitrogen and oxygen atoms in total. The van der Waals surface area contributed by atoms with Gasteiger partial charge in [-0.15, -0.1) is 0 Å². The lowest BCUT2D eigenvalue weighted by atomic mass is 9.79. The van der Waals surface area contributed by atoms with Gasteiger partial charge in [-0.1, -0.05) is 19.3 Å². The Labute approximate surface area is 118 Å². The van der Waals surface area contributed by atoms with Gasteiger partial charge < -0.3 is 10.4 Å². The van der Waals surface area contributed by atoms with E-state index in [4.69, 9.17) is 5.11 Å². The maximum absolute atomic E-state index is 12.3. The molecule has 0 saturated heterocycles. The molecule has 0 aromatic carbocycles. The third-order valence-corrected chi connectivity index (χ3v) is 3.90. The fraction of sp³-hybridized carbons (Fsp3) is 0.643. The van der Waals surface area contributed by atoms with Crippen molar-refractivity contribution in [3.05, 3.63) is 18.0 Å². The van der Waals surface area contributed by atoms with Crippen molar-refractivity contribution in [3.8, 4) is 0 Å². The Morgan fingerprint density at radius 3 is 2.65 bits per heavy atom. The average Bonchev–Trinajstić information content (AvgIpc) is 2.87. The third-order valence-electron chi connectivity index (χ3n) is 3.90. The Kier molecular flexibility index (Phi) is 4.42. The first kappa shape index (κ1) is 14.6. The summed E-state index contributed by atoms with van der Waals surface area (Å²) in [7, 11) is 0. The Morgan fingerprint density at radius 1 is 1.40 bits per heavy atom. The van der Waals surface area contributed by atoms with E-state index in [2.05, 4.69) is 10.4 Å². The molecule has 0 atom stereocenters. The van der Waals surface area contributed by atoms with Crippen LogP contribution in [0.1, 0.15) is 55.8 Å². The number of carbonyl (C=O) groups excluding carboxylic acids is 1. The zero-order valence-corrected chi connectivity index (χ0v) is 11.8. The fourth-order valence-electron chi connectivity index (χ4n) is 2.83. The van der Waals surface area contributed by atoms with Gasteiger partial charge in [-0.05, 0) is 19.8 Å². The van der Waals surface area contributed by atoms with Crippen LogP contribution in [0, 0.1) is 0 Å². The summed E-state index contributed by atoms with van der Waals surface area (Å²) in [4.78, 5) is 23.3. The van der Waals surface area contributed by atoms with Crippen LogP contribution in [0.15, 0.2) is 12.4 Å². The summed E-state index contributed by atoms with van der Waals surface area (Å²) >= 11 is 0. The zero-order chi connectivity index (χ0) is 14.6. The van der Waals surface area contributed by atoms with Gasteiger partial charge in [-0.25, -0.2) is 0 Å². The zero-order valence-electron chi connectivity index (χ0n) is 11.8. The highest BCUT2D eigenvalue weighted by molar-refractivity contribution is 5.94. The number of carboxylic acid groups (broad SMARTS) is 1. The molecule has 1 fully saturated rings. The highest BCUT2D eigenvalue weighted by Gasteiger charge is 2.36. The molecule has 1 aliphatic carbocycles. The molecule has 1 amide bonds. The fourth-order valence-corrected chi connectivity index (χ4v) is 2.83. The number of hydrogen-bond donors (Lipinski definition) is 2. The van der Waals surface area contributed by atoms with E-state index in [1.807, 2.05) is 6.92 Å². The van der Waals surface area contributed by atoms with Crippen LogP contribution in [-0.4, -0.2) is 32.3 Å². The lowest BCUT2D eigenvalue weighted by Crippen LogP contribution is -2.51. The van der Waals surface area contributed by atoms with Crippen LogP contribution in [0.4, 0.5) is 0 Å². The number of carbonyl (C=O) groups is 2. The molecule has 1 saturated carbocycles. The number of rotatable bonds is 5. The highest BCUT2D eigenvalue weighted by atomic mass is 16.4. The highest BCUT2D eigenvalue weighted by Crippen LogP contribution is 2.31. The smallest absolute Gasteiger partial charge is 0.305 e. The minimum absolute atomic E-state index is 0.0132.